The number of aliphatic imine (C=N–C) groups is 1. The minimum absolute atomic E-state index is 0.0700. The lowest BCUT2D eigenvalue weighted by molar-refractivity contribution is -0.116. The van der Waals surface area contributed by atoms with Gasteiger partial charge in [-0.1, -0.05) is 18.2 Å². The van der Waals surface area contributed by atoms with Crippen LogP contribution in [0.15, 0.2) is 28.8 Å². The lowest BCUT2D eigenvalue weighted by Gasteiger charge is -2.08. The van der Waals surface area contributed by atoms with Crippen molar-refractivity contribution in [3.8, 4) is 0 Å². The molecule has 8 heteroatoms. The van der Waals surface area contributed by atoms with E-state index in [0.717, 1.165) is 12.2 Å². The zero-order valence-electron chi connectivity index (χ0n) is 9.42. The van der Waals surface area contributed by atoms with E-state index in [2.05, 4.69) is 15.8 Å². The van der Waals surface area contributed by atoms with Crippen molar-refractivity contribution >= 4 is 11.7 Å². The number of carbonyl (C=O) groups excluding carboxylic acids is 1. The number of hydrazine groups is 1. The molecule has 18 heavy (non-hydrogen) atoms. The van der Waals surface area contributed by atoms with Crippen LogP contribution in [0.1, 0.15) is 6.42 Å². The summed E-state index contributed by atoms with van der Waals surface area (Å²) >= 11 is 0. The Morgan fingerprint density at radius 3 is 2.83 bits per heavy atom. The number of hydrogen-bond acceptors (Lipinski definition) is 3. The molecule has 0 saturated heterocycles. The van der Waals surface area contributed by atoms with Crippen molar-refractivity contribution < 1.29 is 18.0 Å². The first-order valence-electron chi connectivity index (χ1n) is 5.14. The fraction of sp³-hybridized carbons (Fsp3) is 0.400. The number of hydrogen-bond donors (Lipinski definition) is 3. The molecule has 0 aromatic rings. The van der Waals surface area contributed by atoms with E-state index >= 15 is 0 Å². The van der Waals surface area contributed by atoms with Gasteiger partial charge in [-0.2, -0.15) is 13.2 Å². The van der Waals surface area contributed by atoms with Crippen molar-refractivity contribution in [2.24, 2.45) is 10.7 Å². The molecular weight excluding hydrogens is 249 g/mol. The third-order valence-electron chi connectivity index (χ3n) is 2.02. The van der Waals surface area contributed by atoms with Crippen LogP contribution in [-0.4, -0.2) is 31.0 Å². The average molecular weight is 262 g/mol. The maximum absolute atomic E-state index is 12.6. The zero-order valence-corrected chi connectivity index (χ0v) is 9.42. The second-order valence-corrected chi connectivity index (χ2v) is 3.50. The standard InChI is InChI=1S/C10H13F3N4O/c11-10(12,13)7-2-1-5-16-17-9(4-3-7)15-6-8(14)18/h1-3,16H,4-6H2,(H2,14,18)(H,15,17)/b2-1-,7-3+. The second-order valence-electron chi connectivity index (χ2n) is 3.50. The quantitative estimate of drug-likeness (QED) is 0.674. The van der Waals surface area contributed by atoms with Crippen LogP contribution in [0.3, 0.4) is 0 Å². The van der Waals surface area contributed by atoms with Crippen LogP contribution in [0.25, 0.3) is 0 Å². The smallest absolute Gasteiger partial charge is 0.368 e. The second kappa shape index (κ2) is 6.20. The highest BCUT2D eigenvalue weighted by Crippen LogP contribution is 2.27. The summed E-state index contributed by atoms with van der Waals surface area (Å²) in [6, 6.07) is 0. The molecule has 0 unspecified atom stereocenters. The number of alkyl halides is 3. The van der Waals surface area contributed by atoms with Crippen molar-refractivity contribution in [1.82, 2.24) is 10.9 Å². The van der Waals surface area contributed by atoms with E-state index in [0.29, 0.717) is 0 Å². The molecule has 0 aromatic carbocycles. The molecule has 0 aliphatic carbocycles. The SMILES string of the molecule is NC(=O)CN=C1C/C=C(C(F)(F)F)\C=C/CNN1. The molecule has 4 N–H and O–H groups in total. The normalized spacial score (nSPS) is 24.2. The molecule has 1 aliphatic heterocycles. The fourth-order valence-electron chi connectivity index (χ4n) is 1.21. The molecule has 0 aromatic heterocycles. The first-order valence-corrected chi connectivity index (χ1v) is 5.14. The molecule has 0 bridgehead atoms. The van der Waals surface area contributed by atoms with Crippen LogP contribution in [0.5, 0.6) is 0 Å². The minimum atomic E-state index is -4.41. The van der Waals surface area contributed by atoms with E-state index < -0.39 is 17.7 Å². The minimum Gasteiger partial charge on any atom is -0.368 e. The molecule has 0 atom stereocenters. The monoisotopic (exact) mass is 262 g/mol. The highest BCUT2D eigenvalue weighted by atomic mass is 19.4. The molecule has 1 rings (SSSR count). The van der Waals surface area contributed by atoms with Gasteiger partial charge in [0, 0.05) is 13.0 Å². The van der Waals surface area contributed by atoms with Crippen LogP contribution < -0.4 is 16.6 Å². The Labute approximate surface area is 102 Å². The number of allylic oxidation sites excluding steroid dienone is 2. The van der Waals surface area contributed by atoms with Gasteiger partial charge in [-0.15, -0.1) is 0 Å². The first kappa shape index (κ1) is 14.2. The van der Waals surface area contributed by atoms with Crippen LogP contribution >= 0.6 is 0 Å². The number of nitrogens with one attached hydrogen (secondary N) is 2. The predicted molar refractivity (Wildman–Crippen MR) is 60.5 cm³/mol. The van der Waals surface area contributed by atoms with Crippen molar-refractivity contribution in [2.45, 2.75) is 12.6 Å². The lowest BCUT2D eigenvalue weighted by atomic mass is 10.2. The third kappa shape index (κ3) is 5.00. The molecule has 0 radical (unpaired) electrons. The average Bonchev–Trinajstić information content (AvgIpc) is 2.36. The van der Waals surface area contributed by atoms with E-state index in [1.165, 1.54) is 6.08 Å². The number of carbonyl (C=O) groups is 1. The molecule has 0 saturated carbocycles. The number of rotatable bonds is 2. The molecule has 5 nitrogen and oxygen atoms in total. The summed E-state index contributed by atoms with van der Waals surface area (Å²) in [5, 5.41) is 0. The van der Waals surface area contributed by atoms with Gasteiger partial charge in [0.15, 0.2) is 0 Å². The van der Waals surface area contributed by atoms with E-state index in [1.807, 2.05) is 0 Å². The molecule has 100 valence electrons. The number of amides is 1. The highest BCUT2D eigenvalue weighted by molar-refractivity contribution is 5.86. The molecular formula is C10H13F3N4O. The summed E-state index contributed by atoms with van der Waals surface area (Å²) in [6.45, 7) is -0.0738. The maximum atomic E-state index is 12.6. The van der Waals surface area contributed by atoms with Gasteiger partial charge in [0.1, 0.15) is 12.4 Å². The van der Waals surface area contributed by atoms with E-state index in [1.54, 1.807) is 0 Å². The van der Waals surface area contributed by atoms with Crippen molar-refractivity contribution in [2.75, 3.05) is 13.1 Å². The van der Waals surface area contributed by atoms with E-state index in [-0.39, 0.29) is 25.3 Å². The van der Waals surface area contributed by atoms with Crippen LogP contribution in [0.2, 0.25) is 0 Å². The van der Waals surface area contributed by atoms with Crippen molar-refractivity contribution in [3.05, 3.63) is 23.8 Å². The zero-order chi connectivity index (χ0) is 13.6. The number of primary amides is 1. The number of halogens is 3. The fourth-order valence-corrected chi connectivity index (χ4v) is 1.21. The number of amidine groups is 1. The first-order chi connectivity index (χ1) is 8.39. The molecule has 1 amide bonds. The van der Waals surface area contributed by atoms with Crippen LogP contribution in [-0.2, 0) is 4.79 Å². The van der Waals surface area contributed by atoms with Crippen LogP contribution in [0.4, 0.5) is 13.2 Å². The van der Waals surface area contributed by atoms with Crippen molar-refractivity contribution in [1.29, 1.82) is 0 Å². The topological polar surface area (TPSA) is 79.5 Å². The number of nitrogens with zero attached hydrogens (tertiary/aromatic N) is 1. The van der Waals surface area contributed by atoms with E-state index in [4.69, 9.17) is 5.73 Å². The molecule has 1 aliphatic rings. The Hall–Kier alpha value is -1.83. The van der Waals surface area contributed by atoms with Gasteiger partial charge in [0.25, 0.3) is 0 Å². The molecule has 1 heterocycles. The Balaban J connectivity index is 2.83. The lowest BCUT2D eigenvalue weighted by Crippen LogP contribution is -2.37. The van der Waals surface area contributed by atoms with Gasteiger partial charge in [-0.05, 0) is 0 Å². The Morgan fingerprint density at radius 2 is 2.22 bits per heavy atom. The predicted octanol–water partition coefficient (Wildman–Crippen LogP) is 0.413. The largest absolute Gasteiger partial charge is 0.416 e. The third-order valence-corrected chi connectivity index (χ3v) is 2.02. The summed E-state index contributed by atoms with van der Waals surface area (Å²) < 4.78 is 37.7. The Bertz CT molecular complexity index is 398. The Kier molecular flexibility index (Phi) is 4.90. The maximum Gasteiger partial charge on any atom is 0.416 e. The summed E-state index contributed by atoms with van der Waals surface area (Å²) in [7, 11) is 0. The number of nitrogens with two attached hydrogens (primary N) is 1. The van der Waals surface area contributed by atoms with Gasteiger partial charge in [-0.3, -0.25) is 9.79 Å². The van der Waals surface area contributed by atoms with Gasteiger partial charge in [0.2, 0.25) is 5.91 Å². The summed E-state index contributed by atoms with van der Waals surface area (Å²) in [6.07, 6.45) is -1.15. The Morgan fingerprint density at radius 1 is 1.50 bits per heavy atom. The summed E-state index contributed by atoms with van der Waals surface area (Å²) in [5.74, 6) is -0.429. The summed E-state index contributed by atoms with van der Waals surface area (Å²) in [5.41, 5.74) is 9.43. The highest BCUT2D eigenvalue weighted by Gasteiger charge is 2.31. The van der Waals surface area contributed by atoms with Gasteiger partial charge in [-0.25, -0.2) is 5.43 Å². The van der Waals surface area contributed by atoms with Crippen LogP contribution in [0, 0.1) is 0 Å². The van der Waals surface area contributed by atoms with Crippen molar-refractivity contribution in [3.63, 3.8) is 0 Å². The van der Waals surface area contributed by atoms with Gasteiger partial charge in [0.05, 0.1) is 5.57 Å². The van der Waals surface area contributed by atoms with E-state index in [9.17, 15) is 18.0 Å². The van der Waals surface area contributed by atoms with Gasteiger partial charge >= 0.3 is 6.18 Å². The molecule has 0 fully saturated rings. The molecule has 0 spiro atoms. The van der Waals surface area contributed by atoms with Gasteiger partial charge < -0.3 is 11.2 Å². The summed E-state index contributed by atoms with van der Waals surface area (Å²) in [4.78, 5) is 14.3.